The van der Waals surface area contributed by atoms with Crippen LogP contribution in [0.5, 0.6) is 0 Å². The quantitative estimate of drug-likeness (QED) is 0.747. The average Bonchev–Trinajstić information content (AvgIpc) is 2.43. The van der Waals surface area contributed by atoms with Gasteiger partial charge in [-0.2, -0.15) is 0 Å². The SMILES string of the molecule is COCC(C)CNC1=NCCCCC1. The highest BCUT2D eigenvalue weighted by molar-refractivity contribution is 5.82. The molecule has 0 spiro atoms. The van der Waals surface area contributed by atoms with Gasteiger partial charge in [0.1, 0.15) is 0 Å². The predicted octanol–water partition coefficient (Wildman–Crippen LogP) is 1.83. The summed E-state index contributed by atoms with van der Waals surface area (Å²) in [6.07, 6.45) is 4.98. The van der Waals surface area contributed by atoms with Crippen molar-refractivity contribution in [1.82, 2.24) is 5.32 Å². The zero-order valence-corrected chi connectivity index (χ0v) is 9.38. The minimum absolute atomic E-state index is 0.561. The van der Waals surface area contributed by atoms with Crippen molar-refractivity contribution in [3.05, 3.63) is 0 Å². The van der Waals surface area contributed by atoms with Crippen LogP contribution in [-0.4, -0.2) is 32.6 Å². The molecule has 14 heavy (non-hydrogen) atoms. The number of hydrogen-bond donors (Lipinski definition) is 1. The first-order chi connectivity index (χ1) is 6.83. The maximum absolute atomic E-state index is 5.09. The van der Waals surface area contributed by atoms with E-state index in [2.05, 4.69) is 17.2 Å². The summed E-state index contributed by atoms with van der Waals surface area (Å²) < 4.78 is 5.09. The fourth-order valence-electron chi connectivity index (χ4n) is 1.65. The van der Waals surface area contributed by atoms with E-state index in [-0.39, 0.29) is 0 Å². The Morgan fingerprint density at radius 2 is 2.29 bits per heavy atom. The first kappa shape index (κ1) is 11.5. The molecule has 0 saturated carbocycles. The van der Waals surface area contributed by atoms with Gasteiger partial charge >= 0.3 is 0 Å². The second kappa shape index (κ2) is 6.82. The minimum atomic E-state index is 0.561. The topological polar surface area (TPSA) is 33.6 Å². The molecule has 1 unspecified atom stereocenters. The summed E-state index contributed by atoms with van der Waals surface area (Å²) in [6.45, 7) is 4.99. The molecule has 0 fully saturated rings. The van der Waals surface area contributed by atoms with E-state index in [9.17, 15) is 0 Å². The van der Waals surface area contributed by atoms with Crippen molar-refractivity contribution in [3.8, 4) is 0 Å². The number of hydrogen-bond acceptors (Lipinski definition) is 3. The molecule has 0 aromatic rings. The molecule has 1 aliphatic heterocycles. The summed E-state index contributed by atoms with van der Waals surface area (Å²) in [7, 11) is 1.75. The number of methoxy groups -OCH3 is 1. The second-order valence-electron chi connectivity index (χ2n) is 4.08. The Balaban J connectivity index is 2.18. The van der Waals surface area contributed by atoms with Crippen LogP contribution in [0.15, 0.2) is 4.99 Å². The van der Waals surface area contributed by atoms with Gasteiger partial charge < -0.3 is 10.1 Å². The monoisotopic (exact) mass is 198 g/mol. The Morgan fingerprint density at radius 1 is 1.43 bits per heavy atom. The summed E-state index contributed by atoms with van der Waals surface area (Å²) in [5.41, 5.74) is 0. The van der Waals surface area contributed by atoms with Gasteiger partial charge in [0.15, 0.2) is 0 Å². The molecule has 0 saturated heterocycles. The van der Waals surface area contributed by atoms with Crippen molar-refractivity contribution in [2.75, 3.05) is 26.8 Å². The summed E-state index contributed by atoms with van der Waals surface area (Å²) in [4.78, 5) is 4.52. The first-order valence-electron chi connectivity index (χ1n) is 5.59. The number of nitrogens with one attached hydrogen (secondary N) is 1. The summed E-state index contributed by atoms with van der Waals surface area (Å²) >= 11 is 0. The van der Waals surface area contributed by atoms with Crippen molar-refractivity contribution in [2.45, 2.75) is 32.6 Å². The Kier molecular flexibility index (Phi) is 5.60. The lowest BCUT2D eigenvalue weighted by molar-refractivity contribution is 0.161. The van der Waals surface area contributed by atoms with Gasteiger partial charge in [-0.1, -0.05) is 13.3 Å². The Bertz CT molecular complexity index is 180. The van der Waals surface area contributed by atoms with E-state index in [1.54, 1.807) is 7.11 Å². The number of rotatable bonds is 4. The smallest absolute Gasteiger partial charge is 0.0963 e. The highest BCUT2D eigenvalue weighted by Gasteiger charge is 2.05. The molecule has 3 heteroatoms. The summed E-state index contributed by atoms with van der Waals surface area (Å²) in [5, 5.41) is 3.42. The van der Waals surface area contributed by atoms with Gasteiger partial charge in [0.25, 0.3) is 0 Å². The molecule has 3 nitrogen and oxygen atoms in total. The maximum Gasteiger partial charge on any atom is 0.0963 e. The van der Waals surface area contributed by atoms with E-state index in [0.717, 1.165) is 26.1 Å². The van der Waals surface area contributed by atoms with Crippen molar-refractivity contribution < 1.29 is 4.74 Å². The highest BCUT2D eigenvalue weighted by Crippen LogP contribution is 2.06. The average molecular weight is 198 g/mol. The fourth-order valence-corrected chi connectivity index (χ4v) is 1.65. The standard InChI is InChI=1S/C11H22N2O/c1-10(9-14-2)8-13-11-6-4-3-5-7-12-11/h10H,3-9H2,1-2H3,(H,12,13). The predicted molar refractivity (Wildman–Crippen MR) is 59.8 cm³/mol. The molecular weight excluding hydrogens is 176 g/mol. The molecule has 1 aliphatic rings. The Morgan fingerprint density at radius 3 is 3.07 bits per heavy atom. The van der Waals surface area contributed by atoms with E-state index < -0.39 is 0 Å². The van der Waals surface area contributed by atoms with E-state index >= 15 is 0 Å². The van der Waals surface area contributed by atoms with Gasteiger partial charge in [0.2, 0.25) is 0 Å². The fraction of sp³-hybridized carbons (Fsp3) is 0.909. The molecule has 1 heterocycles. The van der Waals surface area contributed by atoms with Crippen LogP contribution in [-0.2, 0) is 4.74 Å². The van der Waals surface area contributed by atoms with Crippen LogP contribution in [0.4, 0.5) is 0 Å². The van der Waals surface area contributed by atoms with Crippen LogP contribution in [0.25, 0.3) is 0 Å². The molecule has 82 valence electrons. The number of nitrogens with zero attached hydrogens (tertiary/aromatic N) is 1. The molecule has 1 N–H and O–H groups in total. The molecule has 1 rings (SSSR count). The molecule has 0 radical (unpaired) electrons. The Hall–Kier alpha value is -0.570. The molecule has 0 aliphatic carbocycles. The van der Waals surface area contributed by atoms with Gasteiger partial charge in [0.05, 0.1) is 12.4 Å². The molecule has 0 aromatic carbocycles. The van der Waals surface area contributed by atoms with Crippen molar-refractivity contribution in [2.24, 2.45) is 10.9 Å². The third-order valence-electron chi connectivity index (χ3n) is 2.48. The molecule has 0 aromatic heterocycles. The Labute approximate surface area is 86.9 Å². The normalized spacial score (nSPS) is 19.7. The maximum atomic E-state index is 5.09. The number of ether oxygens (including phenoxy) is 1. The lowest BCUT2D eigenvalue weighted by Crippen LogP contribution is -2.29. The van der Waals surface area contributed by atoms with E-state index in [4.69, 9.17) is 4.74 Å². The van der Waals surface area contributed by atoms with Crippen molar-refractivity contribution >= 4 is 5.84 Å². The van der Waals surface area contributed by atoms with Crippen LogP contribution in [0.3, 0.4) is 0 Å². The van der Waals surface area contributed by atoms with Crippen LogP contribution in [0.1, 0.15) is 32.6 Å². The van der Waals surface area contributed by atoms with Gasteiger partial charge in [0, 0.05) is 26.6 Å². The van der Waals surface area contributed by atoms with E-state index in [1.165, 1.54) is 25.1 Å². The number of amidine groups is 1. The van der Waals surface area contributed by atoms with Gasteiger partial charge in [-0.3, -0.25) is 4.99 Å². The zero-order valence-electron chi connectivity index (χ0n) is 9.38. The van der Waals surface area contributed by atoms with Gasteiger partial charge in [-0.05, 0) is 18.8 Å². The van der Waals surface area contributed by atoms with E-state index in [1.807, 2.05) is 0 Å². The minimum Gasteiger partial charge on any atom is -0.384 e. The molecular formula is C11H22N2O. The molecule has 1 atom stereocenters. The third-order valence-corrected chi connectivity index (χ3v) is 2.48. The van der Waals surface area contributed by atoms with Crippen LogP contribution in [0, 0.1) is 5.92 Å². The third kappa shape index (κ3) is 4.61. The summed E-state index contributed by atoms with van der Waals surface area (Å²) in [6, 6.07) is 0. The largest absolute Gasteiger partial charge is 0.384 e. The van der Waals surface area contributed by atoms with Crippen LogP contribution < -0.4 is 5.32 Å². The van der Waals surface area contributed by atoms with Crippen LogP contribution in [0.2, 0.25) is 0 Å². The zero-order chi connectivity index (χ0) is 10.2. The summed E-state index contributed by atoms with van der Waals surface area (Å²) in [5.74, 6) is 1.76. The van der Waals surface area contributed by atoms with E-state index in [0.29, 0.717) is 5.92 Å². The lowest BCUT2D eigenvalue weighted by atomic mass is 10.2. The van der Waals surface area contributed by atoms with Crippen molar-refractivity contribution in [1.29, 1.82) is 0 Å². The first-order valence-corrected chi connectivity index (χ1v) is 5.59. The molecule has 0 amide bonds. The van der Waals surface area contributed by atoms with Crippen LogP contribution >= 0.6 is 0 Å². The van der Waals surface area contributed by atoms with Gasteiger partial charge in [-0.25, -0.2) is 0 Å². The number of aliphatic imine (C=N–C) groups is 1. The highest BCUT2D eigenvalue weighted by atomic mass is 16.5. The lowest BCUT2D eigenvalue weighted by Gasteiger charge is -2.13. The molecule has 0 bridgehead atoms. The van der Waals surface area contributed by atoms with Gasteiger partial charge in [-0.15, -0.1) is 0 Å². The van der Waals surface area contributed by atoms with Crippen molar-refractivity contribution in [3.63, 3.8) is 0 Å². The second-order valence-corrected chi connectivity index (χ2v) is 4.08.